The Kier molecular flexibility index (Phi) is 3.87. The first kappa shape index (κ1) is 15.0. The number of carbonyl (C=O) groups is 2. The van der Waals surface area contributed by atoms with Crippen molar-refractivity contribution in [2.45, 2.75) is 24.1 Å². The maximum absolute atomic E-state index is 12.8. The van der Waals surface area contributed by atoms with Crippen LogP contribution in [-0.2, 0) is 4.79 Å². The summed E-state index contributed by atoms with van der Waals surface area (Å²) in [6, 6.07) is 4.52. The van der Waals surface area contributed by atoms with E-state index < -0.39 is 0 Å². The van der Waals surface area contributed by atoms with E-state index in [0.717, 1.165) is 31.1 Å². The van der Waals surface area contributed by atoms with E-state index in [1.54, 1.807) is 6.07 Å². The van der Waals surface area contributed by atoms with Crippen molar-refractivity contribution in [1.82, 2.24) is 4.90 Å². The SMILES string of the molecule is C=CC(=O)Nc1ccc(O)c(C(=O)N2CCSC23CCC3)c1. The third kappa shape index (κ3) is 2.47. The van der Waals surface area contributed by atoms with Crippen molar-refractivity contribution in [1.29, 1.82) is 0 Å². The van der Waals surface area contributed by atoms with E-state index in [0.29, 0.717) is 12.2 Å². The Morgan fingerprint density at radius 1 is 1.41 bits per heavy atom. The predicted octanol–water partition coefficient (Wildman–Crippen LogP) is 2.59. The summed E-state index contributed by atoms with van der Waals surface area (Å²) < 4.78 is 0. The fraction of sp³-hybridized carbons (Fsp3) is 0.375. The molecule has 1 saturated carbocycles. The summed E-state index contributed by atoms with van der Waals surface area (Å²) in [4.78, 5) is 26.0. The van der Waals surface area contributed by atoms with Gasteiger partial charge in [-0.1, -0.05) is 6.58 Å². The van der Waals surface area contributed by atoms with E-state index in [4.69, 9.17) is 0 Å². The van der Waals surface area contributed by atoms with Crippen LogP contribution in [0.5, 0.6) is 5.75 Å². The lowest BCUT2D eigenvalue weighted by atomic mass is 9.90. The van der Waals surface area contributed by atoms with Crippen molar-refractivity contribution >= 4 is 29.3 Å². The van der Waals surface area contributed by atoms with Crippen LogP contribution in [0.1, 0.15) is 29.6 Å². The number of carbonyl (C=O) groups excluding carboxylic acids is 2. The standard InChI is InChI=1S/C16H18N2O3S/c1-2-14(20)17-11-4-5-13(19)12(10-11)15(21)18-8-9-22-16(18)6-3-7-16/h2,4-5,10,19H,1,3,6-9H2,(H,17,20). The highest BCUT2D eigenvalue weighted by Gasteiger charge is 2.49. The van der Waals surface area contributed by atoms with Gasteiger partial charge in [-0.15, -0.1) is 11.8 Å². The normalized spacial score (nSPS) is 18.8. The quantitative estimate of drug-likeness (QED) is 0.664. The highest BCUT2D eigenvalue weighted by atomic mass is 32.2. The fourth-order valence-corrected chi connectivity index (χ4v) is 4.47. The molecule has 5 nitrogen and oxygen atoms in total. The maximum Gasteiger partial charge on any atom is 0.258 e. The van der Waals surface area contributed by atoms with Gasteiger partial charge in [0.1, 0.15) is 5.75 Å². The molecular formula is C16H18N2O3S. The Labute approximate surface area is 133 Å². The Bertz CT molecular complexity index is 640. The van der Waals surface area contributed by atoms with Crippen LogP contribution < -0.4 is 5.32 Å². The zero-order valence-corrected chi connectivity index (χ0v) is 13.0. The summed E-state index contributed by atoms with van der Waals surface area (Å²) in [6.07, 6.45) is 4.32. The summed E-state index contributed by atoms with van der Waals surface area (Å²) in [5.41, 5.74) is 0.705. The van der Waals surface area contributed by atoms with Gasteiger partial charge in [-0.25, -0.2) is 0 Å². The molecule has 0 atom stereocenters. The van der Waals surface area contributed by atoms with Crippen LogP contribution in [0.2, 0.25) is 0 Å². The number of nitrogens with one attached hydrogen (secondary N) is 1. The first-order valence-corrected chi connectivity index (χ1v) is 8.27. The van der Waals surface area contributed by atoms with E-state index in [1.165, 1.54) is 12.1 Å². The number of aromatic hydroxyl groups is 1. The second-order valence-electron chi connectivity index (χ2n) is 5.53. The zero-order valence-electron chi connectivity index (χ0n) is 12.2. The lowest BCUT2D eigenvalue weighted by molar-refractivity contribution is -0.111. The molecule has 1 heterocycles. The highest BCUT2D eigenvalue weighted by Crippen LogP contribution is 2.51. The zero-order chi connectivity index (χ0) is 15.7. The molecule has 0 unspecified atom stereocenters. The number of hydrogen-bond donors (Lipinski definition) is 2. The smallest absolute Gasteiger partial charge is 0.258 e. The molecule has 2 amide bonds. The van der Waals surface area contributed by atoms with Crippen LogP contribution in [-0.4, -0.2) is 39.0 Å². The molecule has 2 N–H and O–H groups in total. The molecule has 6 heteroatoms. The maximum atomic E-state index is 12.8. The predicted molar refractivity (Wildman–Crippen MR) is 87.0 cm³/mol. The molecule has 1 spiro atoms. The van der Waals surface area contributed by atoms with Crippen LogP contribution in [0.25, 0.3) is 0 Å². The van der Waals surface area contributed by atoms with Gasteiger partial charge in [0.15, 0.2) is 0 Å². The lowest BCUT2D eigenvalue weighted by Crippen LogP contribution is -2.50. The molecule has 1 saturated heterocycles. The van der Waals surface area contributed by atoms with E-state index in [1.807, 2.05) is 16.7 Å². The van der Waals surface area contributed by atoms with Gasteiger partial charge in [0.05, 0.1) is 10.4 Å². The topological polar surface area (TPSA) is 69.6 Å². The van der Waals surface area contributed by atoms with Crippen molar-refractivity contribution in [2.24, 2.45) is 0 Å². The van der Waals surface area contributed by atoms with Crippen LogP contribution >= 0.6 is 11.8 Å². The third-order valence-corrected chi connectivity index (χ3v) is 5.79. The van der Waals surface area contributed by atoms with Gasteiger partial charge in [-0.2, -0.15) is 0 Å². The van der Waals surface area contributed by atoms with Gasteiger partial charge in [0.2, 0.25) is 5.91 Å². The molecule has 3 rings (SSSR count). The molecule has 1 aliphatic carbocycles. The first-order chi connectivity index (χ1) is 10.6. The summed E-state index contributed by atoms with van der Waals surface area (Å²) >= 11 is 1.83. The molecule has 0 radical (unpaired) electrons. The van der Waals surface area contributed by atoms with E-state index >= 15 is 0 Å². The number of hydrogen-bond acceptors (Lipinski definition) is 4. The minimum absolute atomic E-state index is 0.0621. The van der Waals surface area contributed by atoms with Gasteiger partial charge in [-0.05, 0) is 43.5 Å². The lowest BCUT2D eigenvalue weighted by Gasteiger charge is -2.44. The molecule has 1 aliphatic heterocycles. The van der Waals surface area contributed by atoms with Crippen LogP contribution in [0.4, 0.5) is 5.69 Å². The minimum atomic E-state index is -0.351. The summed E-state index contributed by atoms with van der Waals surface area (Å²) in [5.74, 6) is 0.348. The minimum Gasteiger partial charge on any atom is -0.507 e. The van der Waals surface area contributed by atoms with Crippen LogP contribution in [0, 0.1) is 0 Å². The van der Waals surface area contributed by atoms with Gasteiger partial charge in [0, 0.05) is 18.0 Å². The molecule has 2 fully saturated rings. The second kappa shape index (κ2) is 5.68. The molecule has 1 aromatic rings. The number of phenols is 1. The Morgan fingerprint density at radius 3 is 2.82 bits per heavy atom. The number of phenolic OH excluding ortho intramolecular Hbond substituents is 1. The summed E-state index contributed by atoms with van der Waals surface area (Å²) in [5, 5.41) is 12.6. The van der Waals surface area contributed by atoms with E-state index in [9.17, 15) is 14.7 Å². The van der Waals surface area contributed by atoms with Crippen molar-refractivity contribution in [3.05, 3.63) is 36.4 Å². The summed E-state index contributed by atoms with van der Waals surface area (Å²) in [6.45, 7) is 4.09. The van der Waals surface area contributed by atoms with Gasteiger partial charge in [0.25, 0.3) is 5.91 Å². The van der Waals surface area contributed by atoms with E-state index in [-0.39, 0.29) is 28.0 Å². The molecule has 1 aromatic carbocycles. The molecule has 116 valence electrons. The molecule has 0 aromatic heterocycles. The average molecular weight is 318 g/mol. The molecule has 22 heavy (non-hydrogen) atoms. The van der Waals surface area contributed by atoms with Crippen molar-refractivity contribution in [3.63, 3.8) is 0 Å². The fourth-order valence-electron chi connectivity index (χ4n) is 2.91. The van der Waals surface area contributed by atoms with Gasteiger partial charge in [-0.3, -0.25) is 9.59 Å². The van der Waals surface area contributed by atoms with Crippen LogP contribution in [0.15, 0.2) is 30.9 Å². The molecule has 0 bridgehead atoms. The number of thioether (sulfide) groups is 1. The van der Waals surface area contributed by atoms with Gasteiger partial charge < -0.3 is 15.3 Å². The van der Waals surface area contributed by atoms with Crippen molar-refractivity contribution in [2.75, 3.05) is 17.6 Å². The largest absolute Gasteiger partial charge is 0.507 e. The summed E-state index contributed by atoms with van der Waals surface area (Å²) in [7, 11) is 0. The number of rotatable bonds is 3. The third-order valence-electron chi connectivity index (χ3n) is 4.24. The molecule has 2 aliphatic rings. The van der Waals surface area contributed by atoms with Crippen LogP contribution in [0.3, 0.4) is 0 Å². The van der Waals surface area contributed by atoms with Crippen molar-refractivity contribution < 1.29 is 14.7 Å². The number of benzene rings is 1. The highest BCUT2D eigenvalue weighted by molar-refractivity contribution is 8.00. The monoisotopic (exact) mass is 318 g/mol. The average Bonchev–Trinajstić information content (AvgIpc) is 2.93. The number of amides is 2. The Morgan fingerprint density at radius 2 is 2.18 bits per heavy atom. The number of nitrogens with zero attached hydrogens (tertiary/aromatic N) is 1. The Balaban J connectivity index is 1.87. The number of anilines is 1. The Hall–Kier alpha value is -1.95. The van der Waals surface area contributed by atoms with E-state index in [2.05, 4.69) is 11.9 Å². The van der Waals surface area contributed by atoms with Crippen molar-refractivity contribution in [3.8, 4) is 5.75 Å². The first-order valence-electron chi connectivity index (χ1n) is 7.28. The van der Waals surface area contributed by atoms with Gasteiger partial charge >= 0.3 is 0 Å². The second-order valence-corrected chi connectivity index (χ2v) is 6.99. The molecular weight excluding hydrogens is 300 g/mol.